The largest absolute Gasteiger partial charge is 0.299 e. The van der Waals surface area contributed by atoms with E-state index in [1.807, 2.05) is 11.3 Å². The van der Waals surface area contributed by atoms with Gasteiger partial charge in [0.1, 0.15) is 0 Å². The molecule has 0 bridgehead atoms. The van der Waals surface area contributed by atoms with Gasteiger partial charge in [0.25, 0.3) is 0 Å². The molecule has 12 heavy (non-hydrogen) atoms. The van der Waals surface area contributed by atoms with Crippen LogP contribution in [0.2, 0.25) is 0 Å². The third kappa shape index (κ3) is 2.88. The van der Waals surface area contributed by atoms with Gasteiger partial charge in [-0.2, -0.15) is 0 Å². The summed E-state index contributed by atoms with van der Waals surface area (Å²) in [5.41, 5.74) is 0. The highest BCUT2D eigenvalue weighted by atomic mass is 79.9. The van der Waals surface area contributed by atoms with Crippen molar-refractivity contribution in [2.45, 2.75) is 20.4 Å². The van der Waals surface area contributed by atoms with Gasteiger partial charge in [0, 0.05) is 11.4 Å². The fourth-order valence-corrected chi connectivity index (χ4v) is 2.63. The molecule has 1 rings (SSSR count). The molecule has 1 heterocycles. The van der Waals surface area contributed by atoms with Crippen LogP contribution >= 0.6 is 27.3 Å². The molecule has 0 radical (unpaired) electrons. The summed E-state index contributed by atoms with van der Waals surface area (Å²) in [6.07, 6.45) is 0. The summed E-state index contributed by atoms with van der Waals surface area (Å²) in [6.45, 7) is 7.75. The maximum Gasteiger partial charge on any atom is 0.0701 e. The number of halogens is 1. The zero-order valence-electron chi connectivity index (χ0n) is 7.51. The maximum absolute atomic E-state index is 3.47. The number of rotatable bonds is 4. The predicted molar refractivity (Wildman–Crippen MR) is 58.6 cm³/mol. The van der Waals surface area contributed by atoms with Crippen LogP contribution in [0.25, 0.3) is 0 Å². The first-order chi connectivity index (χ1) is 5.76. The molecular weight excluding hydrogens is 234 g/mol. The molecule has 0 aromatic carbocycles. The average Bonchev–Trinajstić information content (AvgIpc) is 2.47. The second-order valence-electron chi connectivity index (χ2n) is 2.67. The van der Waals surface area contributed by atoms with Crippen molar-refractivity contribution in [2.24, 2.45) is 0 Å². The number of thiophene rings is 1. The van der Waals surface area contributed by atoms with Gasteiger partial charge in [-0.25, -0.2) is 0 Å². The molecule has 0 spiro atoms. The van der Waals surface area contributed by atoms with E-state index in [0.717, 1.165) is 19.6 Å². The second kappa shape index (κ2) is 5.00. The molecular formula is C9H14BrNS. The number of hydrogen-bond donors (Lipinski definition) is 0. The SMILES string of the molecule is CCN(CC)Cc1ccc(Br)s1. The summed E-state index contributed by atoms with van der Waals surface area (Å²) in [5, 5.41) is 0. The minimum Gasteiger partial charge on any atom is -0.299 e. The van der Waals surface area contributed by atoms with E-state index >= 15 is 0 Å². The average molecular weight is 248 g/mol. The van der Waals surface area contributed by atoms with Crippen molar-refractivity contribution < 1.29 is 0 Å². The fourth-order valence-electron chi connectivity index (χ4n) is 1.10. The molecule has 68 valence electrons. The van der Waals surface area contributed by atoms with E-state index in [1.54, 1.807) is 0 Å². The minimum absolute atomic E-state index is 1.09. The van der Waals surface area contributed by atoms with Crippen LogP contribution in [0.4, 0.5) is 0 Å². The Morgan fingerprint density at radius 2 is 2.00 bits per heavy atom. The summed E-state index contributed by atoms with van der Waals surface area (Å²) in [4.78, 5) is 3.85. The highest BCUT2D eigenvalue weighted by Gasteiger charge is 2.02. The Labute approximate surface area is 86.5 Å². The van der Waals surface area contributed by atoms with Crippen molar-refractivity contribution in [2.75, 3.05) is 13.1 Å². The topological polar surface area (TPSA) is 3.24 Å². The smallest absolute Gasteiger partial charge is 0.0701 e. The van der Waals surface area contributed by atoms with Gasteiger partial charge in [-0.3, -0.25) is 4.90 Å². The third-order valence-electron chi connectivity index (χ3n) is 1.90. The van der Waals surface area contributed by atoms with Crippen LogP contribution < -0.4 is 0 Å². The second-order valence-corrected chi connectivity index (χ2v) is 5.21. The van der Waals surface area contributed by atoms with E-state index in [4.69, 9.17) is 0 Å². The Bertz CT molecular complexity index is 230. The van der Waals surface area contributed by atoms with Gasteiger partial charge in [-0.1, -0.05) is 13.8 Å². The summed E-state index contributed by atoms with van der Waals surface area (Å²) in [5.74, 6) is 0. The van der Waals surface area contributed by atoms with Crippen molar-refractivity contribution in [3.8, 4) is 0 Å². The Balaban J connectivity index is 2.50. The molecule has 1 aromatic heterocycles. The Hall–Kier alpha value is 0.140. The van der Waals surface area contributed by atoms with Crippen molar-refractivity contribution in [1.29, 1.82) is 0 Å². The van der Waals surface area contributed by atoms with Gasteiger partial charge in [-0.05, 0) is 41.2 Å². The Kier molecular flexibility index (Phi) is 4.26. The van der Waals surface area contributed by atoms with Crippen LogP contribution in [0.3, 0.4) is 0 Å². The number of hydrogen-bond acceptors (Lipinski definition) is 2. The van der Waals surface area contributed by atoms with E-state index in [-0.39, 0.29) is 0 Å². The molecule has 0 aliphatic carbocycles. The fraction of sp³-hybridized carbons (Fsp3) is 0.556. The quantitative estimate of drug-likeness (QED) is 0.789. The highest BCUT2D eigenvalue weighted by Crippen LogP contribution is 2.22. The van der Waals surface area contributed by atoms with Gasteiger partial charge in [0.2, 0.25) is 0 Å². The lowest BCUT2D eigenvalue weighted by Gasteiger charge is -2.16. The van der Waals surface area contributed by atoms with Crippen molar-refractivity contribution in [3.05, 3.63) is 20.8 Å². The lowest BCUT2D eigenvalue weighted by atomic mass is 10.4. The zero-order chi connectivity index (χ0) is 8.97. The highest BCUT2D eigenvalue weighted by molar-refractivity contribution is 9.11. The van der Waals surface area contributed by atoms with E-state index in [2.05, 4.69) is 46.8 Å². The molecule has 0 unspecified atom stereocenters. The maximum atomic E-state index is 3.47. The monoisotopic (exact) mass is 247 g/mol. The van der Waals surface area contributed by atoms with Crippen molar-refractivity contribution >= 4 is 27.3 Å². The summed E-state index contributed by atoms with van der Waals surface area (Å²) >= 11 is 5.29. The third-order valence-corrected chi connectivity index (χ3v) is 3.51. The predicted octanol–water partition coefficient (Wildman–Crippen LogP) is 3.35. The van der Waals surface area contributed by atoms with Crippen LogP contribution in [0.1, 0.15) is 18.7 Å². The van der Waals surface area contributed by atoms with Gasteiger partial charge in [-0.15, -0.1) is 11.3 Å². The molecule has 0 saturated carbocycles. The summed E-state index contributed by atoms with van der Waals surface area (Å²) < 4.78 is 1.23. The molecule has 0 fully saturated rings. The minimum atomic E-state index is 1.09. The van der Waals surface area contributed by atoms with E-state index in [9.17, 15) is 0 Å². The molecule has 0 aliphatic heterocycles. The lowest BCUT2D eigenvalue weighted by Crippen LogP contribution is -2.21. The molecule has 3 heteroatoms. The standard InChI is InChI=1S/C9H14BrNS/c1-3-11(4-2)7-8-5-6-9(10)12-8/h5-6H,3-4,7H2,1-2H3. The van der Waals surface area contributed by atoms with Crippen LogP contribution in [0.15, 0.2) is 15.9 Å². The first kappa shape index (κ1) is 10.2. The van der Waals surface area contributed by atoms with Crippen molar-refractivity contribution in [1.82, 2.24) is 4.90 Å². The molecule has 0 saturated heterocycles. The zero-order valence-corrected chi connectivity index (χ0v) is 9.91. The Morgan fingerprint density at radius 1 is 1.33 bits per heavy atom. The van der Waals surface area contributed by atoms with Gasteiger partial charge >= 0.3 is 0 Å². The molecule has 1 aromatic rings. The lowest BCUT2D eigenvalue weighted by molar-refractivity contribution is 0.298. The van der Waals surface area contributed by atoms with E-state index in [1.165, 1.54) is 8.66 Å². The van der Waals surface area contributed by atoms with Gasteiger partial charge in [0.15, 0.2) is 0 Å². The van der Waals surface area contributed by atoms with Crippen LogP contribution in [0, 0.1) is 0 Å². The van der Waals surface area contributed by atoms with Crippen molar-refractivity contribution in [3.63, 3.8) is 0 Å². The molecule has 0 N–H and O–H groups in total. The first-order valence-electron chi connectivity index (χ1n) is 4.22. The van der Waals surface area contributed by atoms with Crippen LogP contribution in [-0.2, 0) is 6.54 Å². The number of nitrogens with zero attached hydrogens (tertiary/aromatic N) is 1. The van der Waals surface area contributed by atoms with E-state index < -0.39 is 0 Å². The Morgan fingerprint density at radius 3 is 2.42 bits per heavy atom. The molecule has 0 atom stereocenters. The molecule has 0 amide bonds. The van der Waals surface area contributed by atoms with Crippen LogP contribution in [-0.4, -0.2) is 18.0 Å². The van der Waals surface area contributed by atoms with Gasteiger partial charge in [0.05, 0.1) is 3.79 Å². The normalized spacial score (nSPS) is 11.0. The summed E-state index contributed by atoms with van der Waals surface area (Å²) in [7, 11) is 0. The van der Waals surface area contributed by atoms with Crippen LogP contribution in [0.5, 0.6) is 0 Å². The first-order valence-corrected chi connectivity index (χ1v) is 5.83. The van der Waals surface area contributed by atoms with E-state index in [0.29, 0.717) is 0 Å². The molecule has 0 aliphatic rings. The van der Waals surface area contributed by atoms with Gasteiger partial charge < -0.3 is 0 Å². The molecule has 1 nitrogen and oxygen atoms in total. The summed E-state index contributed by atoms with van der Waals surface area (Å²) in [6, 6.07) is 4.30.